The third-order valence-electron chi connectivity index (χ3n) is 15.5. The molecule has 4 aliphatic rings. The quantitative estimate of drug-likeness (QED) is 0.141. The van der Waals surface area contributed by atoms with E-state index in [-0.39, 0.29) is 5.41 Å². The third-order valence-corrected chi connectivity index (χ3v) is 15.5. The number of benzene rings is 7. The highest BCUT2D eigenvalue weighted by Crippen LogP contribution is 2.59. The van der Waals surface area contributed by atoms with E-state index >= 15 is 0 Å². The van der Waals surface area contributed by atoms with Crippen LogP contribution in [0.4, 0.5) is 17.1 Å². The van der Waals surface area contributed by atoms with Crippen LogP contribution in [0.15, 0.2) is 164 Å². The van der Waals surface area contributed by atoms with E-state index in [0.717, 1.165) is 35.8 Å². The Bertz CT molecular complexity index is 2670. The van der Waals surface area contributed by atoms with Crippen LogP contribution in [0.5, 0.6) is 0 Å². The predicted octanol–water partition coefficient (Wildman–Crippen LogP) is 15.1. The van der Waals surface area contributed by atoms with Gasteiger partial charge in [0.2, 0.25) is 0 Å². The second kappa shape index (κ2) is 14.0. The number of fused-ring (bicyclic) bond motifs is 8. The monoisotopic (exact) mass is 765 g/mol. The molecule has 0 amide bonds. The van der Waals surface area contributed by atoms with E-state index in [2.05, 4.69) is 196 Å². The fourth-order valence-electron chi connectivity index (χ4n) is 12.8. The lowest BCUT2D eigenvalue weighted by Gasteiger charge is -2.37. The van der Waals surface area contributed by atoms with E-state index in [0.29, 0.717) is 0 Å². The van der Waals surface area contributed by atoms with Crippen molar-refractivity contribution in [1.82, 2.24) is 0 Å². The first-order valence-corrected chi connectivity index (χ1v) is 22.4. The summed E-state index contributed by atoms with van der Waals surface area (Å²) in [5, 5.41) is 0. The Hall–Kier alpha value is -5.66. The maximum Gasteiger partial charge on any atom is 0.0718 e. The van der Waals surface area contributed by atoms with Gasteiger partial charge in [-0.3, -0.25) is 0 Å². The Kier molecular flexibility index (Phi) is 8.63. The summed E-state index contributed by atoms with van der Waals surface area (Å²) in [7, 11) is 0. The molecule has 0 aromatic heterocycles. The lowest BCUT2D eigenvalue weighted by molar-refractivity contribution is 0.241. The molecule has 2 bridgehead atoms. The molecule has 2 fully saturated rings. The first-order chi connectivity index (χ1) is 28.9. The van der Waals surface area contributed by atoms with Crippen molar-refractivity contribution in [2.75, 3.05) is 4.90 Å². The van der Waals surface area contributed by atoms with Crippen LogP contribution in [0.1, 0.15) is 97.4 Å². The van der Waals surface area contributed by atoms with Gasteiger partial charge in [-0.1, -0.05) is 155 Å². The molecule has 0 saturated heterocycles. The summed E-state index contributed by atoms with van der Waals surface area (Å²) < 4.78 is 0. The number of anilines is 3. The van der Waals surface area contributed by atoms with E-state index in [1.54, 1.807) is 0 Å². The number of para-hydroxylation sites is 1. The van der Waals surface area contributed by atoms with Crippen molar-refractivity contribution in [2.24, 2.45) is 23.7 Å². The summed E-state index contributed by atoms with van der Waals surface area (Å²) in [6, 6.07) is 62.4. The van der Waals surface area contributed by atoms with E-state index in [1.165, 1.54) is 110 Å². The van der Waals surface area contributed by atoms with Gasteiger partial charge in [-0.25, -0.2) is 0 Å². The van der Waals surface area contributed by atoms with Crippen molar-refractivity contribution in [1.29, 1.82) is 0 Å². The minimum atomic E-state index is -0.435. The van der Waals surface area contributed by atoms with Gasteiger partial charge in [0, 0.05) is 22.5 Å². The molecule has 1 nitrogen and oxygen atoms in total. The van der Waals surface area contributed by atoms with E-state index in [1.807, 2.05) is 0 Å². The standard InChI is InChI=1S/C58H55N/c1-5-39-34-43-36-42(39)35-41(43)28-27-40-17-9-13-23-52(40)58(54-25-15-11-21-48(54)49-22-12-16-26-55(49)58)51-32-30-45(33-38(51)2)59(44-18-7-6-8-19-44)46-29-31-50-47-20-10-14-24-53(47)57(3,4)56(50)37-46/h6-26,29-33,37,39,41-43H,5,27-28,34-36H2,1-4H3/t39-,41?,42-,43-/m0/s1. The fourth-order valence-corrected chi connectivity index (χ4v) is 12.8. The minimum Gasteiger partial charge on any atom is -0.310 e. The maximum absolute atomic E-state index is 2.48. The molecule has 0 N–H and O–H groups in total. The van der Waals surface area contributed by atoms with Crippen molar-refractivity contribution in [2.45, 2.75) is 77.0 Å². The molecule has 11 rings (SSSR count). The molecule has 292 valence electrons. The number of nitrogens with zero attached hydrogens (tertiary/aromatic N) is 1. The fraction of sp³-hybridized carbons (Fsp3) is 0.276. The molecular weight excluding hydrogens is 711 g/mol. The average Bonchev–Trinajstić information content (AvgIpc) is 4.01. The molecule has 2 saturated carbocycles. The molecule has 0 radical (unpaired) electrons. The second-order valence-electron chi connectivity index (χ2n) is 18.8. The zero-order chi connectivity index (χ0) is 39.9. The van der Waals surface area contributed by atoms with Crippen LogP contribution in [0.2, 0.25) is 0 Å². The van der Waals surface area contributed by atoms with Crippen molar-refractivity contribution < 1.29 is 0 Å². The maximum atomic E-state index is 2.48. The summed E-state index contributed by atoms with van der Waals surface area (Å²) in [6.07, 6.45) is 8.15. The Morgan fingerprint density at radius 1 is 0.475 bits per heavy atom. The third kappa shape index (κ3) is 5.50. The first-order valence-electron chi connectivity index (χ1n) is 22.4. The lowest BCUT2D eigenvalue weighted by atomic mass is 9.64. The summed E-state index contributed by atoms with van der Waals surface area (Å²) in [6.45, 7) is 9.52. The number of hydrogen-bond donors (Lipinski definition) is 0. The van der Waals surface area contributed by atoms with E-state index < -0.39 is 5.41 Å². The average molecular weight is 766 g/mol. The van der Waals surface area contributed by atoms with Crippen molar-refractivity contribution in [3.05, 3.63) is 208 Å². The highest BCUT2D eigenvalue weighted by molar-refractivity contribution is 5.89. The molecule has 1 unspecified atom stereocenters. The molecule has 0 aliphatic heterocycles. The zero-order valence-electron chi connectivity index (χ0n) is 35.1. The van der Waals surface area contributed by atoms with Crippen molar-refractivity contribution in [3.8, 4) is 22.3 Å². The van der Waals surface area contributed by atoms with Gasteiger partial charge < -0.3 is 4.90 Å². The van der Waals surface area contributed by atoms with Gasteiger partial charge in [0.15, 0.2) is 0 Å². The Morgan fingerprint density at radius 2 is 1.02 bits per heavy atom. The van der Waals surface area contributed by atoms with Crippen LogP contribution < -0.4 is 4.90 Å². The number of rotatable bonds is 9. The van der Waals surface area contributed by atoms with Gasteiger partial charge in [-0.2, -0.15) is 0 Å². The molecule has 4 aliphatic carbocycles. The van der Waals surface area contributed by atoms with E-state index in [4.69, 9.17) is 0 Å². The first kappa shape index (κ1) is 36.4. The molecule has 59 heavy (non-hydrogen) atoms. The smallest absolute Gasteiger partial charge is 0.0718 e. The van der Waals surface area contributed by atoms with E-state index in [9.17, 15) is 0 Å². The summed E-state index contributed by atoms with van der Waals surface area (Å²) in [4.78, 5) is 2.46. The molecular formula is C58H55N. The molecule has 1 heteroatoms. The topological polar surface area (TPSA) is 3.24 Å². The van der Waals surface area contributed by atoms with Crippen LogP contribution in [-0.2, 0) is 17.3 Å². The molecule has 4 atom stereocenters. The number of hydrogen-bond acceptors (Lipinski definition) is 1. The lowest BCUT2D eigenvalue weighted by Crippen LogP contribution is -2.31. The van der Waals surface area contributed by atoms with Crippen LogP contribution in [0, 0.1) is 30.6 Å². The van der Waals surface area contributed by atoms with Crippen LogP contribution in [0.25, 0.3) is 22.3 Å². The Balaban J connectivity index is 1.06. The molecule has 0 heterocycles. The largest absolute Gasteiger partial charge is 0.310 e. The van der Waals surface area contributed by atoms with Gasteiger partial charge in [-0.05, 0) is 166 Å². The van der Waals surface area contributed by atoms with Gasteiger partial charge in [0.25, 0.3) is 0 Å². The summed E-state index contributed by atoms with van der Waals surface area (Å²) >= 11 is 0. The highest BCUT2D eigenvalue weighted by atomic mass is 15.1. The highest BCUT2D eigenvalue weighted by Gasteiger charge is 2.48. The SMILES string of the molecule is CC[C@H]1C[C@H]2C[C@@H]1CC2CCc1ccccc1C1(c2ccc(N(c3ccccc3)c3ccc4c(c3)C(C)(C)c3ccccc3-4)cc2C)c2ccccc2-c2ccccc21. The van der Waals surface area contributed by atoms with Gasteiger partial charge in [0.1, 0.15) is 0 Å². The summed E-state index contributed by atoms with van der Waals surface area (Å²) in [5.74, 6) is 3.71. The Morgan fingerprint density at radius 3 is 1.68 bits per heavy atom. The van der Waals surface area contributed by atoms with Crippen molar-refractivity contribution in [3.63, 3.8) is 0 Å². The zero-order valence-corrected chi connectivity index (χ0v) is 35.1. The normalized spacial score (nSPS) is 21.2. The molecule has 7 aromatic rings. The van der Waals surface area contributed by atoms with Gasteiger partial charge >= 0.3 is 0 Å². The van der Waals surface area contributed by atoms with Gasteiger partial charge in [0.05, 0.1) is 5.41 Å². The van der Waals surface area contributed by atoms with Crippen molar-refractivity contribution >= 4 is 17.1 Å². The molecule has 7 aromatic carbocycles. The van der Waals surface area contributed by atoms with Crippen LogP contribution in [0.3, 0.4) is 0 Å². The Labute approximate surface area is 351 Å². The van der Waals surface area contributed by atoms with Gasteiger partial charge in [-0.15, -0.1) is 0 Å². The second-order valence-corrected chi connectivity index (χ2v) is 18.8. The molecule has 0 spiro atoms. The predicted molar refractivity (Wildman–Crippen MR) is 247 cm³/mol. The summed E-state index contributed by atoms with van der Waals surface area (Å²) in [5.41, 5.74) is 19.6. The van der Waals surface area contributed by atoms with Crippen LogP contribution >= 0.6 is 0 Å². The number of aryl methyl sites for hydroxylation is 2. The van der Waals surface area contributed by atoms with Crippen LogP contribution in [-0.4, -0.2) is 0 Å². The minimum absolute atomic E-state index is 0.0810.